The van der Waals surface area contributed by atoms with Crippen molar-refractivity contribution in [1.82, 2.24) is 19.4 Å². The number of pyridine rings is 1. The Morgan fingerprint density at radius 1 is 1.30 bits per heavy atom. The summed E-state index contributed by atoms with van der Waals surface area (Å²) >= 11 is 0. The van der Waals surface area contributed by atoms with Gasteiger partial charge in [0.25, 0.3) is 5.56 Å². The molecule has 1 aliphatic rings. The lowest BCUT2D eigenvalue weighted by Gasteiger charge is -2.38. The van der Waals surface area contributed by atoms with E-state index in [1.807, 2.05) is 42.7 Å². The number of anilines is 1. The van der Waals surface area contributed by atoms with Gasteiger partial charge < -0.3 is 9.80 Å². The molecule has 2 aromatic rings. The van der Waals surface area contributed by atoms with Crippen LogP contribution in [0.4, 0.5) is 5.82 Å². The Bertz CT molecular complexity index is 910. The van der Waals surface area contributed by atoms with E-state index in [2.05, 4.69) is 16.5 Å². The van der Waals surface area contributed by atoms with Gasteiger partial charge in [0.15, 0.2) is 11.5 Å². The Kier molecular flexibility index (Phi) is 5.30. The van der Waals surface area contributed by atoms with Crippen molar-refractivity contribution in [3.05, 3.63) is 41.3 Å². The minimum atomic E-state index is -0.355. The van der Waals surface area contributed by atoms with Gasteiger partial charge in [0.05, 0.1) is 0 Å². The molecule has 2 aromatic heterocycles. The molecule has 7 heteroatoms. The largest absolute Gasteiger partial charge is 0.348 e. The molecule has 7 nitrogen and oxygen atoms in total. The molecule has 3 rings (SSSR count). The van der Waals surface area contributed by atoms with Crippen LogP contribution >= 0.6 is 0 Å². The molecule has 0 N–H and O–H groups in total. The molecule has 0 aromatic carbocycles. The molecule has 144 valence electrons. The number of hydrogen-bond acceptors (Lipinski definition) is 5. The first-order chi connectivity index (χ1) is 12.9. The summed E-state index contributed by atoms with van der Waals surface area (Å²) in [6.45, 7) is 12.5. The average molecular weight is 369 g/mol. The summed E-state index contributed by atoms with van der Waals surface area (Å²) in [5, 5.41) is 0. The van der Waals surface area contributed by atoms with Gasteiger partial charge in [-0.2, -0.15) is 0 Å². The van der Waals surface area contributed by atoms with Crippen LogP contribution in [0.15, 0.2) is 35.8 Å². The van der Waals surface area contributed by atoms with Crippen molar-refractivity contribution in [1.29, 1.82) is 0 Å². The van der Waals surface area contributed by atoms with Crippen LogP contribution in [0.1, 0.15) is 27.2 Å². The molecule has 0 radical (unpaired) electrons. The molecule has 27 heavy (non-hydrogen) atoms. The predicted octanol–water partition coefficient (Wildman–Crippen LogP) is 2.06. The number of nitrogens with zero attached hydrogens (tertiary/aromatic N) is 5. The van der Waals surface area contributed by atoms with Gasteiger partial charge in [-0.05, 0) is 18.6 Å². The van der Waals surface area contributed by atoms with Crippen LogP contribution in [0.25, 0.3) is 11.2 Å². The summed E-state index contributed by atoms with van der Waals surface area (Å²) in [5.41, 5.74) is 0.713. The maximum absolute atomic E-state index is 13.0. The Morgan fingerprint density at radius 3 is 2.63 bits per heavy atom. The quantitative estimate of drug-likeness (QED) is 0.755. The summed E-state index contributed by atoms with van der Waals surface area (Å²) in [6, 6.07) is 3.67. The number of aromatic nitrogens is 3. The van der Waals surface area contributed by atoms with Crippen LogP contribution < -0.4 is 10.5 Å². The fourth-order valence-corrected chi connectivity index (χ4v) is 3.27. The smallest absolute Gasteiger partial charge is 0.295 e. The maximum Gasteiger partial charge on any atom is 0.295 e. The number of amides is 1. The topological polar surface area (TPSA) is 71.3 Å². The highest BCUT2D eigenvalue weighted by atomic mass is 16.2. The number of fused-ring (bicyclic) bond motifs is 1. The van der Waals surface area contributed by atoms with E-state index >= 15 is 0 Å². The molecule has 0 spiro atoms. The second-order valence-electron chi connectivity index (χ2n) is 7.50. The second kappa shape index (κ2) is 7.50. The Morgan fingerprint density at radius 2 is 2.00 bits per heavy atom. The van der Waals surface area contributed by atoms with E-state index in [4.69, 9.17) is 0 Å². The summed E-state index contributed by atoms with van der Waals surface area (Å²) in [5.74, 6) is 0.587. The molecule has 1 fully saturated rings. The van der Waals surface area contributed by atoms with Crippen molar-refractivity contribution >= 4 is 22.9 Å². The van der Waals surface area contributed by atoms with Crippen LogP contribution in [0, 0.1) is 5.41 Å². The van der Waals surface area contributed by atoms with Gasteiger partial charge in [0.2, 0.25) is 5.91 Å². The number of carbonyl (C=O) groups excluding carboxylic acids is 1. The molecule has 3 heterocycles. The van der Waals surface area contributed by atoms with Crippen molar-refractivity contribution in [2.75, 3.05) is 31.1 Å². The molecule has 0 aliphatic carbocycles. The summed E-state index contributed by atoms with van der Waals surface area (Å²) in [6.07, 6.45) is 4.14. The maximum atomic E-state index is 13.0. The molecular weight excluding hydrogens is 342 g/mol. The van der Waals surface area contributed by atoms with Gasteiger partial charge in [0, 0.05) is 44.3 Å². The molecule has 0 atom stereocenters. The van der Waals surface area contributed by atoms with Gasteiger partial charge in [-0.3, -0.25) is 14.2 Å². The lowest BCUT2D eigenvalue weighted by Crippen LogP contribution is -2.53. The van der Waals surface area contributed by atoms with Crippen molar-refractivity contribution < 1.29 is 4.79 Å². The van der Waals surface area contributed by atoms with Crippen LogP contribution in [-0.2, 0) is 11.3 Å². The minimum Gasteiger partial charge on any atom is -0.348 e. The lowest BCUT2D eigenvalue weighted by atomic mass is 9.88. The number of hydrogen-bond donors (Lipinski definition) is 0. The van der Waals surface area contributed by atoms with Crippen molar-refractivity contribution in [2.45, 2.75) is 33.7 Å². The molecule has 1 saturated heterocycles. The molecule has 0 saturated carbocycles. The van der Waals surface area contributed by atoms with E-state index < -0.39 is 0 Å². The Labute approximate surface area is 159 Å². The molecule has 0 unspecified atom stereocenters. The summed E-state index contributed by atoms with van der Waals surface area (Å²) in [7, 11) is 0. The third kappa shape index (κ3) is 3.59. The lowest BCUT2D eigenvalue weighted by molar-refractivity contribution is -0.140. The number of allylic oxidation sites excluding steroid dienone is 1. The molecule has 1 amide bonds. The standard InChI is InChI=1S/C20H27N5O2/c1-5-10-25-16-15(8-7-9-21-16)22-17(18(25)26)23-11-13-24(14-12-23)19(27)20(3,4)6-2/h5,7-9H,1,6,10-14H2,2-4H3. The predicted molar refractivity (Wildman–Crippen MR) is 107 cm³/mol. The van der Waals surface area contributed by atoms with Gasteiger partial charge in [0.1, 0.15) is 5.52 Å². The first kappa shape index (κ1) is 19.1. The van der Waals surface area contributed by atoms with Crippen LogP contribution in [0.2, 0.25) is 0 Å². The highest BCUT2D eigenvalue weighted by Crippen LogP contribution is 2.24. The van der Waals surface area contributed by atoms with Gasteiger partial charge in [-0.1, -0.05) is 26.8 Å². The fourth-order valence-electron chi connectivity index (χ4n) is 3.27. The average Bonchev–Trinajstić information content (AvgIpc) is 2.69. The highest BCUT2D eigenvalue weighted by Gasteiger charge is 2.32. The minimum absolute atomic E-state index is 0.171. The van der Waals surface area contributed by atoms with Crippen LogP contribution in [0.5, 0.6) is 0 Å². The number of piperazine rings is 1. The number of rotatable bonds is 5. The Balaban J connectivity index is 1.87. The van der Waals surface area contributed by atoms with E-state index in [-0.39, 0.29) is 16.9 Å². The molecule has 0 bridgehead atoms. The summed E-state index contributed by atoms with van der Waals surface area (Å²) in [4.78, 5) is 38.4. The van der Waals surface area contributed by atoms with E-state index in [9.17, 15) is 9.59 Å². The highest BCUT2D eigenvalue weighted by molar-refractivity contribution is 5.82. The first-order valence-corrected chi connectivity index (χ1v) is 9.40. The van der Waals surface area contributed by atoms with Gasteiger partial charge in [-0.15, -0.1) is 6.58 Å². The van der Waals surface area contributed by atoms with E-state index in [0.29, 0.717) is 49.7 Å². The first-order valence-electron chi connectivity index (χ1n) is 9.40. The SMILES string of the molecule is C=CCn1c(=O)c(N2CCN(C(=O)C(C)(C)CC)CC2)nc2cccnc21. The monoisotopic (exact) mass is 369 g/mol. The third-order valence-corrected chi connectivity index (χ3v) is 5.33. The van der Waals surface area contributed by atoms with Crippen molar-refractivity contribution in [2.24, 2.45) is 5.41 Å². The van der Waals surface area contributed by atoms with Gasteiger partial charge >= 0.3 is 0 Å². The normalized spacial score (nSPS) is 15.2. The Hall–Kier alpha value is -2.70. The second-order valence-corrected chi connectivity index (χ2v) is 7.50. The van der Waals surface area contributed by atoms with E-state index in [0.717, 1.165) is 6.42 Å². The van der Waals surface area contributed by atoms with Crippen LogP contribution in [-0.4, -0.2) is 51.5 Å². The third-order valence-electron chi connectivity index (χ3n) is 5.33. The molecule has 1 aliphatic heterocycles. The zero-order valence-corrected chi connectivity index (χ0v) is 16.3. The van der Waals surface area contributed by atoms with E-state index in [1.54, 1.807) is 16.8 Å². The van der Waals surface area contributed by atoms with E-state index in [1.165, 1.54) is 0 Å². The van der Waals surface area contributed by atoms with Crippen molar-refractivity contribution in [3.63, 3.8) is 0 Å². The zero-order valence-electron chi connectivity index (χ0n) is 16.3. The number of carbonyl (C=O) groups is 1. The van der Waals surface area contributed by atoms with Crippen LogP contribution in [0.3, 0.4) is 0 Å². The summed E-state index contributed by atoms with van der Waals surface area (Å²) < 4.78 is 1.60. The van der Waals surface area contributed by atoms with Crippen molar-refractivity contribution in [3.8, 4) is 0 Å². The fraction of sp³-hybridized carbons (Fsp3) is 0.500. The van der Waals surface area contributed by atoms with Gasteiger partial charge in [-0.25, -0.2) is 9.97 Å². The molecular formula is C20H27N5O2. The zero-order chi connectivity index (χ0) is 19.6.